The molecule has 0 aliphatic carbocycles. The van der Waals surface area contributed by atoms with E-state index in [4.69, 9.17) is 9.47 Å². The van der Waals surface area contributed by atoms with Gasteiger partial charge in [-0.2, -0.15) is 0 Å². The maximum atomic E-state index is 15.1. The van der Waals surface area contributed by atoms with Gasteiger partial charge >= 0.3 is 0 Å². The largest absolute Gasteiger partial charge is 0.494 e. The number of ether oxygens (including phenoxy) is 2. The van der Waals surface area contributed by atoms with Gasteiger partial charge in [0.05, 0.1) is 36.7 Å². The summed E-state index contributed by atoms with van der Waals surface area (Å²) in [7, 11) is 0. The van der Waals surface area contributed by atoms with Gasteiger partial charge in [-0.25, -0.2) is 0 Å². The zero-order chi connectivity index (χ0) is 34.3. The summed E-state index contributed by atoms with van der Waals surface area (Å²) in [5, 5.41) is 10.6. The van der Waals surface area contributed by atoms with Crippen LogP contribution >= 0.6 is 0 Å². The number of carbonyl (C=O) groups excluding carboxylic acids is 3. The molecule has 2 aromatic carbocycles. The van der Waals surface area contributed by atoms with Crippen LogP contribution in [0.4, 0.5) is 11.4 Å². The first-order chi connectivity index (χ1) is 22.4. The van der Waals surface area contributed by atoms with Gasteiger partial charge in [-0.05, 0) is 81.8 Å². The second-order valence-corrected chi connectivity index (χ2v) is 13.3. The molecular formula is C38H49N3O6. The van der Waals surface area contributed by atoms with Gasteiger partial charge in [0.25, 0.3) is 5.91 Å². The molecule has 3 aliphatic heterocycles. The fourth-order valence-electron chi connectivity index (χ4n) is 8.45. The van der Waals surface area contributed by atoms with Crippen molar-refractivity contribution < 1.29 is 29.0 Å². The third kappa shape index (κ3) is 5.37. The molecule has 1 N–H and O–H groups in total. The van der Waals surface area contributed by atoms with Crippen LogP contribution in [0.2, 0.25) is 0 Å². The summed E-state index contributed by atoms with van der Waals surface area (Å²) >= 11 is 0. The number of nitrogens with zero attached hydrogens (tertiary/aromatic N) is 3. The summed E-state index contributed by atoms with van der Waals surface area (Å²) in [6.07, 6.45) is 4.20. The van der Waals surface area contributed by atoms with Crippen LogP contribution in [0.25, 0.3) is 0 Å². The van der Waals surface area contributed by atoms with Crippen LogP contribution in [0.5, 0.6) is 5.75 Å². The zero-order valence-electron chi connectivity index (χ0n) is 28.6. The third-order valence-corrected chi connectivity index (χ3v) is 10.7. The molecule has 5 rings (SSSR count). The third-order valence-electron chi connectivity index (χ3n) is 10.7. The number of carbonyl (C=O) groups is 3. The van der Waals surface area contributed by atoms with E-state index in [-0.39, 0.29) is 43.3 Å². The SMILES string of the molecule is C=CCN(C(=O)[C@H]1[C@H]2C(=O)N([C@@H](CC)CO)C(C(=O)N(CC=C)c3c(C)cccc3C)C23CC(C)[C@]1(C)O3)c1ccc(OCC)cc1. The highest BCUT2D eigenvalue weighted by Crippen LogP contribution is 2.66. The predicted octanol–water partition coefficient (Wildman–Crippen LogP) is 5.22. The van der Waals surface area contributed by atoms with Crippen molar-refractivity contribution in [2.75, 3.05) is 36.1 Å². The van der Waals surface area contributed by atoms with Crippen LogP contribution in [-0.2, 0) is 19.1 Å². The molecule has 0 saturated carbocycles. The number of hydrogen-bond acceptors (Lipinski definition) is 6. The van der Waals surface area contributed by atoms with Crippen molar-refractivity contribution in [3.63, 3.8) is 0 Å². The van der Waals surface area contributed by atoms with Gasteiger partial charge in [0.15, 0.2) is 0 Å². The van der Waals surface area contributed by atoms with Crippen LogP contribution in [0.15, 0.2) is 67.8 Å². The average molecular weight is 644 g/mol. The van der Waals surface area contributed by atoms with E-state index < -0.39 is 35.1 Å². The van der Waals surface area contributed by atoms with E-state index in [0.29, 0.717) is 30.9 Å². The molecule has 252 valence electrons. The van der Waals surface area contributed by atoms with Crippen molar-refractivity contribution in [1.82, 2.24) is 4.90 Å². The second-order valence-electron chi connectivity index (χ2n) is 13.3. The van der Waals surface area contributed by atoms with Crippen LogP contribution in [0.1, 0.15) is 51.7 Å². The Labute approximate surface area is 278 Å². The number of fused-ring (bicyclic) bond motifs is 1. The second kappa shape index (κ2) is 13.3. The minimum Gasteiger partial charge on any atom is -0.494 e. The fourth-order valence-corrected chi connectivity index (χ4v) is 8.45. The summed E-state index contributed by atoms with van der Waals surface area (Å²) in [6.45, 7) is 20.1. The predicted molar refractivity (Wildman–Crippen MR) is 183 cm³/mol. The Morgan fingerprint density at radius 3 is 2.23 bits per heavy atom. The number of aryl methyl sites for hydroxylation is 2. The molecule has 3 unspecified atom stereocenters. The summed E-state index contributed by atoms with van der Waals surface area (Å²) in [5.74, 6) is -2.11. The highest BCUT2D eigenvalue weighted by atomic mass is 16.5. The monoisotopic (exact) mass is 643 g/mol. The van der Waals surface area contributed by atoms with Crippen molar-refractivity contribution >= 4 is 29.1 Å². The molecule has 0 radical (unpaired) electrons. The summed E-state index contributed by atoms with van der Waals surface area (Å²) in [4.78, 5) is 49.6. The molecule has 2 bridgehead atoms. The minimum absolute atomic E-state index is 0.135. The molecule has 3 amide bonds. The standard InChI is InChI=1S/C38H49N3O6/c1-9-20-39(28-16-18-29(19-17-28)46-12-4)34(43)30-31-35(44)41(27(11-3)23-42)33(38(31)22-26(7)37(30,8)47-38)36(45)40(21-10-2)32-24(5)14-13-15-25(32)6/h9-10,13-19,26-27,30-31,33,42H,1-2,11-12,20-23H2,3-8H3/t26?,27-,30+,31-,33?,37-,38?/m0/s1. The maximum Gasteiger partial charge on any atom is 0.253 e. The smallest absolute Gasteiger partial charge is 0.253 e. The molecule has 3 saturated heterocycles. The Balaban J connectivity index is 1.65. The minimum atomic E-state index is -1.26. The number of para-hydroxylation sites is 1. The van der Waals surface area contributed by atoms with E-state index in [9.17, 15) is 14.7 Å². The van der Waals surface area contributed by atoms with Crippen LogP contribution in [-0.4, -0.2) is 77.3 Å². The molecule has 2 aromatic rings. The van der Waals surface area contributed by atoms with E-state index in [1.165, 1.54) is 0 Å². The highest BCUT2D eigenvalue weighted by Gasteiger charge is 2.80. The Kier molecular flexibility index (Phi) is 9.71. The lowest BCUT2D eigenvalue weighted by molar-refractivity contribution is -0.149. The molecule has 9 nitrogen and oxygen atoms in total. The topological polar surface area (TPSA) is 99.6 Å². The van der Waals surface area contributed by atoms with Gasteiger partial charge in [0.2, 0.25) is 11.8 Å². The normalized spacial score (nSPS) is 28.1. The lowest BCUT2D eigenvalue weighted by Gasteiger charge is -2.40. The number of aliphatic hydroxyl groups is 1. The van der Waals surface area contributed by atoms with Gasteiger partial charge < -0.3 is 29.3 Å². The molecule has 3 heterocycles. The van der Waals surface area contributed by atoms with Crippen molar-refractivity contribution in [2.45, 2.75) is 77.7 Å². The lowest BCUT2D eigenvalue weighted by Crippen LogP contribution is -2.59. The molecule has 47 heavy (non-hydrogen) atoms. The molecule has 7 atom stereocenters. The van der Waals surface area contributed by atoms with E-state index in [0.717, 1.165) is 16.8 Å². The van der Waals surface area contributed by atoms with E-state index >= 15 is 4.79 Å². The number of anilines is 2. The molecule has 3 aliphatic rings. The molecule has 0 aromatic heterocycles. The zero-order valence-corrected chi connectivity index (χ0v) is 28.6. The summed E-state index contributed by atoms with van der Waals surface area (Å²) < 4.78 is 12.6. The highest BCUT2D eigenvalue weighted by molar-refractivity contribution is 6.07. The first-order valence-electron chi connectivity index (χ1n) is 16.7. The number of benzene rings is 2. The number of hydrogen-bond donors (Lipinski definition) is 1. The van der Waals surface area contributed by atoms with Crippen LogP contribution in [0.3, 0.4) is 0 Å². The average Bonchev–Trinajstić information content (AvgIpc) is 3.56. The number of aliphatic hydroxyl groups excluding tert-OH is 1. The van der Waals surface area contributed by atoms with Crippen molar-refractivity contribution in [3.8, 4) is 5.75 Å². The van der Waals surface area contributed by atoms with Gasteiger partial charge in [0, 0.05) is 24.5 Å². The number of rotatable bonds is 13. The van der Waals surface area contributed by atoms with Gasteiger partial charge in [-0.15, -0.1) is 13.2 Å². The Hall–Kier alpha value is -3.95. The lowest BCUT2D eigenvalue weighted by atomic mass is 9.62. The fraction of sp³-hybridized carbons (Fsp3) is 0.500. The van der Waals surface area contributed by atoms with E-state index in [1.54, 1.807) is 26.9 Å². The van der Waals surface area contributed by atoms with Gasteiger partial charge in [-0.3, -0.25) is 14.4 Å². The van der Waals surface area contributed by atoms with E-state index in [2.05, 4.69) is 13.2 Å². The van der Waals surface area contributed by atoms with Crippen molar-refractivity contribution in [3.05, 3.63) is 78.9 Å². The van der Waals surface area contributed by atoms with Gasteiger partial charge in [0.1, 0.15) is 17.4 Å². The first-order valence-corrected chi connectivity index (χ1v) is 16.7. The Morgan fingerprint density at radius 2 is 1.68 bits per heavy atom. The van der Waals surface area contributed by atoms with E-state index in [1.807, 2.05) is 84.0 Å². The molecular weight excluding hydrogens is 594 g/mol. The summed E-state index contributed by atoms with van der Waals surface area (Å²) in [6, 6.07) is 11.5. The quantitative estimate of drug-likeness (QED) is 0.301. The van der Waals surface area contributed by atoms with Crippen LogP contribution < -0.4 is 14.5 Å². The Bertz CT molecular complexity index is 1520. The number of amides is 3. The van der Waals surface area contributed by atoms with Crippen molar-refractivity contribution in [2.24, 2.45) is 17.8 Å². The van der Waals surface area contributed by atoms with Gasteiger partial charge in [-0.1, -0.05) is 44.2 Å². The molecule has 3 fully saturated rings. The van der Waals surface area contributed by atoms with Crippen LogP contribution in [0, 0.1) is 31.6 Å². The first kappa shape index (κ1) is 34.4. The maximum absolute atomic E-state index is 15.1. The van der Waals surface area contributed by atoms with Crippen molar-refractivity contribution in [1.29, 1.82) is 0 Å². The molecule has 1 spiro atoms. The Morgan fingerprint density at radius 1 is 1.06 bits per heavy atom. The molecule has 9 heteroatoms. The summed E-state index contributed by atoms with van der Waals surface area (Å²) in [5.41, 5.74) is 0.971. The number of likely N-dealkylation sites (tertiary alicyclic amines) is 1.